The fraction of sp³-hybridized carbons (Fsp3) is 0.727. The van der Waals surface area contributed by atoms with Crippen LogP contribution in [0.4, 0.5) is 0 Å². The van der Waals surface area contributed by atoms with Crippen LogP contribution in [0.2, 0.25) is 0 Å². The van der Waals surface area contributed by atoms with E-state index in [1.54, 1.807) is 6.20 Å². The maximum Gasteiger partial charge on any atom is 0.331 e. The molecule has 0 aromatic carbocycles. The summed E-state index contributed by atoms with van der Waals surface area (Å²) in [5.41, 5.74) is 0.0126. The Morgan fingerprint density at radius 1 is 1.36 bits per heavy atom. The van der Waals surface area contributed by atoms with E-state index in [1.807, 2.05) is 0 Å². The summed E-state index contributed by atoms with van der Waals surface area (Å²) in [5.74, 6) is -0.320. The van der Waals surface area contributed by atoms with Gasteiger partial charge in [-0.2, -0.15) is 0 Å². The van der Waals surface area contributed by atoms with E-state index in [1.165, 1.54) is 13.2 Å². The Hall–Kier alpha value is -0.990. The number of hydrogen-bond acceptors (Lipinski definition) is 3. The lowest BCUT2D eigenvalue weighted by molar-refractivity contribution is -0.134. The molecule has 0 heterocycles. The van der Waals surface area contributed by atoms with Gasteiger partial charge in [-0.1, -0.05) is 0 Å². The first-order chi connectivity index (χ1) is 6.29. The Labute approximate surface area is 86.7 Å². The maximum atomic E-state index is 10.9. The van der Waals surface area contributed by atoms with Crippen LogP contribution in [-0.2, 0) is 9.53 Å². The van der Waals surface area contributed by atoms with Crippen molar-refractivity contribution in [2.24, 2.45) is 0 Å². The molecule has 0 fully saturated rings. The highest BCUT2D eigenvalue weighted by Gasteiger charge is 2.20. The molecule has 0 saturated carbocycles. The predicted octanol–water partition coefficient (Wildman–Crippen LogP) is 2.18. The lowest BCUT2D eigenvalue weighted by Gasteiger charge is -2.38. The number of carbonyl (C=O) groups excluding carboxylic acids is 1. The standard InChI is InChI=1S/C11H21NO2/c1-9(2)12(11(3,4)5)8-7-10(13)14-6/h7-9H,1-6H3/b8-7+. The van der Waals surface area contributed by atoms with Crippen LogP contribution in [0, 0.1) is 0 Å². The Kier molecular flexibility index (Phi) is 4.68. The SMILES string of the molecule is COC(=O)/C=C/N(C(C)C)C(C)(C)C. The zero-order chi connectivity index (χ0) is 11.4. The zero-order valence-electron chi connectivity index (χ0n) is 10.00. The third-order valence-electron chi connectivity index (χ3n) is 1.90. The van der Waals surface area contributed by atoms with Crippen molar-refractivity contribution in [3.05, 3.63) is 12.3 Å². The van der Waals surface area contributed by atoms with Crippen LogP contribution in [-0.4, -0.2) is 29.6 Å². The summed E-state index contributed by atoms with van der Waals surface area (Å²) in [6.07, 6.45) is 3.24. The molecule has 0 aliphatic carbocycles. The largest absolute Gasteiger partial charge is 0.466 e. The quantitative estimate of drug-likeness (QED) is 0.515. The number of carbonyl (C=O) groups is 1. The Morgan fingerprint density at radius 3 is 2.14 bits per heavy atom. The fourth-order valence-corrected chi connectivity index (χ4v) is 1.38. The molecule has 0 aromatic rings. The molecule has 3 nitrogen and oxygen atoms in total. The van der Waals surface area contributed by atoms with Gasteiger partial charge in [-0.3, -0.25) is 0 Å². The van der Waals surface area contributed by atoms with Gasteiger partial charge in [-0.15, -0.1) is 0 Å². The molecule has 0 spiro atoms. The highest BCUT2D eigenvalue weighted by atomic mass is 16.5. The Bertz CT molecular complexity index is 214. The topological polar surface area (TPSA) is 29.5 Å². The van der Waals surface area contributed by atoms with Crippen molar-refractivity contribution >= 4 is 5.97 Å². The summed E-state index contributed by atoms with van der Waals surface area (Å²) in [6, 6.07) is 0.357. The normalized spacial score (nSPS) is 12.2. The molecule has 0 amide bonds. The summed E-state index contributed by atoms with van der Waals surface area (Å²) < 4.78 is 4.54. The molecule has 0 aliphatic heterocycles. The van der Waals surface area contributed by atoms with Crippen LogP contribution >= 0.6 is 0 Å². The average Bonchev–Trinajstić information content (AvgIpc) is 2.01. The predicted molar refractivity (Wildman–Crippen MR) is 57.9 cm³/mol. The van der Waals surface area contributed by atoms with Gasteiger partial charge in [0.25, 0.3) is 0 Å². The molecule has 0 N–H and O–H groups in total. The van der Waals surface area contributed by atoms with Crippen LogP contribution in [0.5, 0.6) is 0 Å². The van der Waals surface area contributed by atoms with E-state index in [9.17, 15) is 4.79 Å². The highest BCUT2D eigenvalue weighted by molar-refractivity contribution is 5.81. The van der Waals surface area contributed by atoms with Crippen molar-refractivity contribution in [3.8, 4) is 0 Å². The molecule has 0 aliphatic rings. The molecular weight excluding hydrogens is 178 g/mol. The van der Waals surface area contributed by atoms with Gasteiger partial charge >= 0.3 is 5.97 Å². The average molecular weight is 199 g/mol. The molecule has 0 aromatic heterocycles. The van der Waals surface area contributed by atoms with Crippen molar-refractivity contribution in [3.63, 3.8) is 0 Å². The van der Waals surface area contributed by atoms with Crippen molar-refractivity contribution in [1.29, 1.82) is 0 Å². The number of esters is 1. The molecule has 0 atom stereocenters. The molecule has 0 saturated heterocycles. The van der Waals surface area contributed by atoms with Gasteiger partial charge < -0.3 is 9.64 Å². The van der Waals surface area contributed by atoms with Crippen LogP contribution < -0.4 is 0 Å². The van der Waals surface area contributed by atoms with Crippen molar-refractivity contribution in [1.82, 2.24) is 4.90 Å². The molecule has 0 unspecified atom stereocenters. The van der Waals surface area contributed by atoms with Crippen LogP contribution in [0.3, 0.4) is 0 Å². The van der Waals surface area contributed by atoms with Gasteiger partial charge in [0.05, 0.1) is 7.11 Å². The van der Waals surface area contributed by atoms with Crippen molar-refractivity contribution < 1.29 is 9.53 Å². The molecule has 0 bridgehead atoms. The molecule has 0 rings (SSSR count). The first kappa shape index (κ1) is 13.0. The number of rotatable bonds is 3. The zero-order valence-corrected chi connectivity index (χ0v) is 10.00. The minimum atomic E-state index is -0.320. The first-order valence-electron chi connectivity index (χ1n) is 4.83. The number of ether oxygens (including phenoxy) is 1. The second-order valence-corrected chi connectivity index (χ2v) is 4.51. The van der Waals surface area contributed by atoms with Crippen molar-refractivity contribution in [2.45, 2.75) is 46.2 Å². The van der Waals surface area contributed by atoms with E-state index >= 15 is 0 Å². The smallest absolute Gasteiger partial charge is 0.331 e. The maximum absolute atomic E-state index is 10.9. The minimum Gasteiger partial charge on any atom is -0.466 e. The monoisotopic (exact) mass is 199 g/mol. The third kappa shape index (κ3) is 4.30. The minimum absolute atomic E-state index is 0.0126. The second kappa shape index (κ2) is 5.03. The number of hydrogen-bond donors (Lipinski definition) is 0. The van der Waals surface area contributed by atoms with Gasteiger partial charge in [0.1, 0.15) is 0 Å². The van der Waals surface area contributed by atoms with E-state index in [0.29, 0.717) is 6.04 Å². The first-order valence-corrected chi connectivity index (χ1v) is 4.83. The van der Waals surface area contributed by atoms with Crippen LogP contribution in [0.1, 0.15) is 34.6 Å². The third-order valence-corrected chi connectivity index (χ3v) is 1.90. The number of methoxy groups -OCH3 is 1. The summed E-state index contributed by atoms with van der Waals surface area (Å²) in [4.78, 5) is 13.0. The molecule has 0 radical (unpaired) electrons. The van der Waals surface area contributed by atoms with E-state index in [2.05, 4.69) is 44.3 Å². The summed E-state index contributed by atoms with van der Waals surface area (Å²) in [7, 11) is 1.38. The summed E-state index contributed by atoms with van der Waals surface area (Å²) in [6.45, 7) is 10.5. The molecular formula is C11H21NO2. The lowest BCUT2D eigenvalue weighted by Crippen LogP contribution is -2.41. The Balaban J connectivity index is 4.55. The van der Waals surface area contributed by atoms with Crippen LogP contribution in [0.25, 0.3) is 0 Å². The highest BCUT2D eigenvalue weighted by Crippen LogP contribution is 2.17. The van der Waals surface area contributed by atoms with Gasteiger partial charge in [0.15, 0.2) is 0 Å². The summed E-state index contributed by atoms with van der Waals surface area (Å²) >= 11 is 0. The van der Waals surface area contributed by atoms with Crippen LogP contribution in [0.15, 0.2) is 12.3 Å². The van der Waals surface area contributed by atoms with E-state index < -0.39 is 0 Å². The van der Waals surface area contributed by atoms with Crippen molar-refractivity contribution in [2.75, 3.05) is 7.11 Å². The van der Waals surface area contributed by atoms with E-state index in [-0.39, 0.29) is 11.5 Å². The van der Waals surface area contributed by atoms with Gasteiger partial charge in [0, 0.05) is 23.9 Å². The number of nitrogens with zero attached hydrogens (tertiary/aromatic N) is 1. The van der Waals surface area contributed by atoms with E-state index in [4.69, 9.17) is 0 Å². The van der Waals surface area contributed by atoms with Gasteiger partial charge in [-0.05, 0) is 34.6 Å². The Morgan fingerprint density at radius 2 is 1.86 bits per heavy atom. The van der Waals surface area contributed by atoms with Gasteiger partial charge in [-0.25, -0.2) is 4.79 Å². The molecule has 14 heavy (non-hydrogen) atoms. The lowest BCUT2D eigenvalue weighted by atomic mass is 10.0. The molecule has 82 valence electrons. The fourth-order valence-electron chi connectivity index (χ4n) is 1.38. The van der Waals surface area contributed by atoms with Gasteiger partial charge in [0.2, 0.25) is 0 Å². The summed E-state index contributed by atoms with van der Waals surface area (Å²) in [5, 5.41) is 0. The van der Waals surface area contributed by atoms with E-state index in [0.717, 1.165) is 0 Å². The molecule has 3 heteroatoms. The second-order valence-electron chi connectivity index (χ2n) is 4.51.